The smallest absolute Gasteiger partial charge is 0.267 e. The van der Waals surface area contributed by atoms with Gasteiger partial charge in [0.05, 0.1) is 0 Å². The Kier molecular flexibility index (Phi) is 6.38. The molecule has 2 aromatic heterocycles. The first-order valence-electron chi connectivity index (χ1n) is 9.68. The number of nitrogens with zero attached hydrogens (tertiary/aromatic N) is 4. The van der Waals surface area contributed by atoms with Gasteiger partial charge < -0.3 is 0 Å². The fourth-order valence-corrected chi connectivity index (χ4v) is 3.93. The van der Waals surface area contributed by atoms with E-state index >= 15 is 0 Å². The van der Waals surface area contributed by atoms with E-state index in [0.29, 0.717) is 16.4 Å². The average molecular weight is 467 g/mol. The zero-order valence-corrected chi connectivity index (χ0v) is 18.9. The number of aromatic nitrogens is 4. The van der Waals surface area contributed by atoms with Crippen LogP contribution in [0.25, 0.3) is 5.78 Å². The van der Waals surface area contributed by atoms with Crippen molar-refractivity contribution in [1.29, 1.82) is 0 Å². The fraction of sp³-hybridized carbons (Fsp3) is 0.136. The van der Waals surface area contributed by atoms with E-state index in [1.807, 2.05) is 56.3 Å². The minimum absolute atomic E-state index is 0.0823. The topological polar surface area (TPSA) is 101 Å². The lowest BCUT2D eigenvalue weighted by Gasteiger charge is -2.07. The van der Waals surface area contributed by atoms with Crippen LogP contribution in [0.4, 0.5) is 0 Å². The number of benzene rings is 2. The molecule has 0 saturated carbocycles. The van der Waals surface area contributed by atoms with Gasteiger partial charge in [0.2, 0.25) is 5.82 Å². The third-order valence-electron chi connectivity index (χ3n) is 4.55. The van der Waals surface area contributed by atoms with E-state index in [-0.39, 0.29) is 5.82 Å². The van der Waals surface area contributed by atoms with Crippen LogP contribution in [0.15, 0.2) is 59.5 Å². The molecule has 0 aliphatic carbocycles. The van der Waals surface area contributed by atoms with Crippen LogP contribution in [0.2, 0.25) is 5.02 Å². The largest absolute Gasteiger partial charge is 0.309 e. The number of hydrogen-bond donors (Lipinski definition) is 2. The Labute approximate surface area is 193 Å². The molecule has 2 amide bonds. The number of amides is 2. The third kappa shape index (κ3) is 5.06. The van der Waals surface area contributed by atoms with Crippen molar-refractivity contribution in [2.75, 3.05) is 0 Å². The zero-order chi connectivity index (χ0) is 22.7. The van der Waals surface area contributed by atoms with Crippen LogP contribution in [-0.2, 0) is 5.75 Å². The predicted octanol–water partition coefficient (Wildman–Crippen LogP) is 3.76. The molecule has 2 N–H and O–H groups in total. The highest BCUT2D eigenvalue weighted by Crippen LogP contribution is 2.24. The van der Waals surface area contributed by atoms with E-state index in [9.17, 15) is 9.59 Å². The predicted molar refractivity (Wildman–Crippen MR) is 123 cm³/mol. The maximum Gasteiger partial charge on any atom is 0.309 e. The molecule has 8 nitrogen and oxygen atoms in total. The number of fused-ring (bicyclic) bond motifs is 1. The van der Waals surface area contributed by atoms with Crippen molar-refractivity contribution in [1.82, 2.24) is 30.4 Å². The SMILES string of the molecule is Cc1cc(C)n2nc(C(=O)NNC(=O)c3ccc(CSc4ccc(Cl)cc4)cc3)nc2n1. The van der Waals surface area contributed by atoms with Gasteiger partial charge in [0.15, 0.2) is 0 Å². The molecule has 10 heteroatoms. The number of carbonyl (C=O) groups is 2. The van der Waals surface area contributed by atoms with Crippen LogP contribution in [0.3, 0.4) is 0 Å². The lowest BCUT2D eigenvalue weighted by Crippen LogP contribution is -2.42. The summed E-state index contributed by atoms with van der Waals surface area (Å²) in [7, 11) is 0. The normalized spacial score (nSPS) is 10.8. The Morgan fingerprint density at radius 1 is 0.969 bits per heavy atom. The maximum atomic E-state index is 12.4. The molecule has 2 heterocycles. The minimum atomic E-state index is -0.628. The Bertz CT molecular complexity index is 1290. The first-order chi connectivity index (χ1) is 15.4. The van der Waals surface area contributed by atoms with Crippen molar-refractivity contribution in [3.63, 3.8) is 0 Å². The molecule has 0 aliphatic heterocycles. The third-order valence-corrected chi connectivity index (χ3v) is 5.88. The van der Waals surface area contributed by atoms with Gasteiger partial charge in [0.1, 0.15) is 0 Å². The van der Waals surface area contributed by atoms with E-state index < -0.39 is 11.8 Å². The molecule has 0 spiro atoms. The highest BCUT2D eigenvalue weighted by molar-refractivity contribution is 7.98. The average Bonchev–Trinajstić information content (AvgIpc) is 3.22. The summed E-state index contributed by atoms with van der Waals surface area (Å²) < 4.78 is 1.48. The van der Waals surface area contributed by atoms with Gasteiger partial charge in [-0.2, -0.15) is 4.98 Å². The van der Waals surface area contributed by atoms with Crippen LogP contribution in [0, 0.1) is 13.8 Å². The second-order valence-corrected chi connectivity index (χ2v) is 8.52. The monoisotopic (exact) mass is 466 g/mol. The maximum absolute atomic E-state index is 12.4. The number of aryl methyl sites for hydroxylation is 2. The van der Waals surface area contributed by atoms with E-state index in [0.717, 1.165) is 27.6 Å². The van der Waals surface area contributed by atoms with Crippen molar-refractivity contribution in [2.45, 2.75) is 24.5 Å². The summed E-state index contributed by atoms with van der Waals surface area (Å²) in [5.74, 6) is -0.0691. The quantitative estimate of drug-likeness (QED) is 0.343. The van der Waals surface area contributed by atoms with Crippen LogP contribution in [0.5, 0.6) is 0 Å². The second kappa shape index (κ2) is 9.37. The van der Waals surface area contributed by atoms with E-state index in [1.165, 1.54) is 4.52 Å². The highest BCUT2D eigenvalue weighted by atomic mass is 35.5. The molecule has 0 saturated heterocycles. The molecule has 4 rings (SSSR count). The molecule has 0 fully saturated rings. The van der Waals surface area contributed by atoms with Gasteiger partial charge in [-0.1, -0.05) is 23.7 Å². The zero-order valence-electron chi connectivity index (χ0n) is 17.3. The molecule has 2 aromatic carbocycles. The fourth-order valence-electron chi connectivity index (χ4n) is 2.95. The summed E-state index contributed by atoms with van der Waals surface area (Å²) in [6, 6.07) is 16.6. The van der Waals surface area contributed by atoms with Crippen molar-refractivity contribution in [3.8, 4) is 0 Å². The Balaban J connectivity index is 1.33. The van der Waals surface area contributed by atoms with Crippen molar-refractivity contribution < 1.29 is 9.59 Å². The van der Waals surface area contributed by atoms with Crippen LogP contribution < -0.4 is 10.9 Å². The number of thioether (sulfide) groups is 1. The number of carbonyl (C=O) groups excluding carboxylic acids is 2. The number of halogens is 1. The summed E-state index contributed by atoms with van der Waals surface area (Å²) in [4.78, 5) is 34.2. The van der Waals surface area contributed by atoms with Gasteiger partial charge in [-0.3, -0.25) is 20.4 Å². The molecule has 0 atom stereocenters. The molecule has 0 bridgehead atoms. The first-order valence-corrected chi connectivity index (χ1v) is 11.0. The summed E-state index contributed by atoms with van der Waals surface area (Å²) in [6.07, 6.45) is 0. The van der Waals surface area contributed by atoms with Gasteiger partial charge in [-0.15, -0.1) is 16.9 Å². The number of nitrogens with one attached hydrogen (secondary N) is 2. The summed E-state index contributed by atoms with van der Waals surface area (Å²) in [6.45, 7) is 3.68. The number of hydrogen-bond acceptors (Lipinski definition) is 6. The molecular weight excluding hydrogens is 448 g/mol. The standard InChI is InChI=1S/C22H19ClN6O2S/c1-13-11-14(2)29-22(24-13)25-19(28-29)21(31)27-26-20(30)16-5-3-15(4-6-16)12-32-18-9-7-17(23)8-10-18/h3-11H,12H2,1-2H3,(H,26,30)(H,27,31). The minimum Gasteiger partial charge on any atom is -0.267 e. The van der Waals surface area contributed by atoms with E-state index in [1.54, 1.807) is 23.9 Å². The van der Waals surface area contributed by atoms with Gasteiger partial charge >= 0.3 is 5.91 Å². The summed E-state index contributed by atoms with van der Waals surface area (Å²) >= 11 is 7.58. The molecule has 0 unspecified atom stereocenters. The van der Waals surface area contributed by atoms with E-state index in [2.05, 4.69) is 25.9 Å². The van der Waals surface area contributed by atoms with Gasteiger partial charge in [0.25, 0.3) is 11.7 Å². The van der Waals surface area contributed by atoms with E-state index in [4.69, 9.17) is 11.6 Å². The molecule has 32 heavy (non-hydrogen) atoms. The van der Waals surface area contributed by atoms with Crippen molar-refractivity contribution in [2.24, 2.45) is 0 Å². The van der Waals surface area contributed by atoms with Crippen molar-refractivity contribution >= 4 is 41.0 Å². The number of rotatable bonds is 5. The van der Waals surface area contributed by atoms with Crippen LogP contribution in [0.1, 0.15) is 37.9 Å². The van der Waals surface area contributed by atoms with Gasteiger partial charge in [-0.05, 0) is 61.9 Å². The second-order valence-electron chi connectivity index (χ2n) is 7.03. The van der Waals surface area contributed by atoms with Crippen LogP contribution in [-0.4, -0.2) is 31.4 Å². The Morgan fingerprint density at radius 2 is 1.66 bits per heavy atom. The molecule has 4 aromatic rings. The van der Waals surface area contributed by atoms with Gasteiger partial charge in [-0.25, -0.2) is 9.50 Å². The molecule has 162 valence electrons. The number of hydrazine groups is 1. The summed E-state index contributed by atoms with van der Waals surface area (Å²) in [5, 5.41) is 4.84. The Hall–Kier alpha value is -3.43. The molecular formula is C22H19ClN6O2S. The lowest BCUT2D eigenvalue weighted by atomic mass is 10.1. The van der Waals surface area contributed by atoms with Crippen LogP contribution >= 0.6 is 23.4 Å². The van der Waals surface area contributed by atoms with Gasteiger partial charge in [0, 0.05) is 32.6 Å². The Morgan fingerprint density at radius 3 is 2.38 bits per heavy atom. The first kappa shape index (κ1) is 21.8. The summed E-state index contributed by atoms with van der Waals surface area (Å²) in [5.41, 5.74) is 7.79. The van der Waals surface area contributed by atoms with Crippen molar-refractivity contribution in [3.05, 3.63) is 88.0 Å². The lowest BCUT2D eigenvalue weighted by molar-refractivity contribution is 0.0841. The molecule has 0 aliphatic rings. The molecule has 0 radical (unpaired) electrons. The highest BCUT2D eigenvalue weighted by Gasteiger charge is 2.16.